The van der Waals surface area contributed by atoms with E-state index in [0.717, 1.165) is 24.7 Å². The zero-order chi connectivity index (χ0) is 38.3. The van der Waals surface area contributed by atoms with Gasteiger partial charge in [0.1, 0.15) is 0 Å². The molecular formula is C50H86O2S2. The van der Waals surface area contributed by atoms with Crippen molar-refractivity contribution in [2.24, 2.45) is 11.8 Å². The van der Waals surface area contributed by atoms with E-state index in [1.165, 1.54) is 226 Å². The van der Waals surface area contributed by atoms with Crippen LogP contribution in [0.4, 0.5) is 0 Å². The van der Waals surface area contributed by atoms with Crippen molar-refractivity contribution in [3.63, 3.8) is 0 Å². The van der Waals surface area contributed by atoms with Crippen molar-refractivity contribution in [2.75, 3.05) is 13.2 Å². The average Bonchev–Trinajstić information content (AvgIpc) is 3.88. The fourth-order valence-corrected chi connectivity index (χ4v) is 10.4. The molecule has 1 aromatic carbocycles. The molecule has 0 aliphatic heterocycles. The van der Waals surface area contributed by atoms with Crippen LogP contribution in [0.3, 0.4) is 0 Å². The van der Waals surface area contributed by atoms with Gasteiger partial charge < -0.3 is 9.47 Å². The Hall–Kier alpha value is -1.26. The summed E-state index contributed by atoms with van der Waals surface area (Å²) < 4.78 is 16.9. The van der Waals surface area contributed by atoms with Crippen LogP contribution in [0.25, 0.3) is 20.2 Å². The highest BCUT2D eigenvalue weighted by molar-refractivity contribution is 7.25. The molecule has 310 valence electrons. The summed E-state index contributed by atoms with van der Waals surface area (Å²) in [6, 6.07) is 4.61. The van der Waals surface area contributed by atoms with Gasteiger partial charge in [0.25, 0.3) is 0 Å². The number of unbranched alkanes of at least 4 members (excludes halogenated alkanes) is 24. The smallest absolute Gasteiger partial charge is 0.170 e. The molecule has 2 aromatic heterocycles. The van der Waals surface area contributed by atoms with Crippen molar-refractivity contribution in [3.8, 4) is 11.5 Å². The van der Waals surface area contributed by atoms with Crippen molar-refractivity contribution in [1.29, 1.82) is 0 Å². The first kappa shape index (κ1) is 47.1. The molecule has 0 spiro atoms. The number of hydrogen-bond donors (Lipinski definition) is 0. The first-order valence-electron chi connectivity index (χ1n) is 23.9. The van der Waals surface area contributed by atoms with Crippen LogP contribution in [-0.4, -0.2) is 13.2 Å². The zero-order valence-corrected chi connectivity index (χ0v) is 37.8. The number of thiophene rings is 2. The maximum Gasteiger partial charge on any atom is 0.170 e. The first-order valence-corrected chi connectivity index (χ1v) is 25.6. The third kappa shape index (κ3) is 19.3. The average molecular weight is 783 g/mol. The Morgan fingerprint density at radius 2 is 0.630 bits per heavy atom. The third-order valence-electron chi connectivity index (χ3n) is 12.0. The minimum Gasteiger partial charge on any atom is -0.489 e. The molecule has 0 amide bonds. The second-order valence-electron chi connectivity index (χ2n) is 17.0. The highest BCUT2D eigenvalue weighted by Gasteiger charge is 2.22. The van der Waals surface area contributed by atoms with Gasteiger partial charge in [-0.2, -0.15) is 0 Å². The fourth-order valence-electron chi connectivity index (χ4n) is 8.44. The summed E-state index contributed by atoms with van der Waals surface area (Å²) in [7, 11) is 0. The number of ether oxygens (including phenoxy) is 2. The molecule has 2 heterocycles. The maximum absolute atomic E-state index is 7.07. The van der Waals surface area contributed by atoms with Crippen LogP contribution < -0.4 is 9.47 Å². The predicted octanol–water partition coefficient (Wildman–Crippen LogP) is 18.7. The van der Waals surface area contributed by atoms with Crippen LogP contribution in [0.5, 0.6) is 11.5 Å². The van der Waals surface area contributed by atoms with Crippen molar-refractivity contribution in [2.45, 2.75) is 233 Å². The van der Waals surface area contributed by atoms with Gasteiger partial charge in [-0.05, 0) is 60.4 Å². The van der Waals surface area contributed by atoms with Gasteiger partial charge in [-0.1, -0.05) is 207 Å². The standard InChI is InChI=1S/C50H86O2S2/c1-5-9-13-17-21-23-27-31-35-43(33-29-25-19-15-11-7-3)41-51-47-45-37-39-53-49(45)50-46(38-40-54-50)48(47)52-42-44(34-30-26-20-16-12-8-4)36-32-28-24-22-18-14-10-6-2/h37-40,43-44H,5-36,41-42H2,1-4H3. The number of benzene rings is 1. The van der Waals surface area contributed by atoms with E-state index in [0.29, 0.717) is 11.8 Å². The van der Waals surface area contributed by atoms with Crippen molar-refractivity contribution >= 4 is 42.8 Å². The molecule has 3 rings (SSSR count). The summed E-state index contributed by atoms with van der Waals surface area (Å²) in [6.07, 6.45) is 43.8. The first-order chi connectivity index (χ1) is 26.7. The second-order valence-corrected chi connectivity index (χ2v) is 18.8. The highest BCUT2D eigenvalue weighted by Crippen LogP contribution is 2.48. The SMILES string of the molecule is CCCCCCCCCCC(CCCCCCCC)COc1c(OCC(CCCCCCCC)CCCCCCCCCC)c2ccsc2c2sccc12. The molecule has 4 heteroatoms. The van der Waals surface area contributed by atoms with Gasteiger partial charge in [0.15, 0.2) is 11.5 Å². The summed E-state index contributed by atoms with van der Waals surface area (Å²) in [5, 5.41) is 7.06. The maximum atomic E-state index is 7.07. The molecule has 3 aromatic rings. The summed E-state index contributed by atoms with van der Waals surface area (Å²) in [5.74, 6) is 3.31. The van der Waals surface area contributed by atoms with Crippen molar-refractivity contribution in [1.82, 2.24) is 0 Å². The largest absolute Gasteiger partial charge is 0.489 e. The molecule has 0 saturated carbocycles. The van der Waals surface area contributed by atoms with E-state index < -0.39 is 0 Å². The fraction of sp³-hybridized carbons (Fsp3) is 0.800. The van der Waals surface area contributed by atoms with Gasteiger partial charge in [0, 0.05) is 10.8 Å². The van der Waals surface area contributed by atoms with Gasteiger partial charge in [-0.3, -0.25) is 0 Å². The van der Waals surface area contributed by atoms with E-state index in [-0.39, 0.29) is 0 Å². The lowest BCUT2D eigenvalue weighted by atomic mass is 9.94. The minimum absolute atomic E-state index is 0.624. The van der Waals surface area contributed by atoms with E-state index in [9.17, 15) is 0 Å². The normalized spacial score (nSPS) is 13.0. The minimum atomic E-state index is 0.624. The Morgan fingerprint density at radius 1 is 0.370 bits per heavy atom. The molecule has 2 nitrogen and oxygen atoms in total. The zero-order valence-electron chi connectivity index (χ0n) is 36.1. The van der Waals surface area contributed by atoms with E-state index in [1.54, 1.807) is 0 Å². The molecule has 0 aliphatic carbocycles. The Balaban J connectivity index is 1.69. The lowest BCUT2D eigenvalue weighted by molar-refractivity contribution is 0.196. The lowest BCUT2D eigenvalue weighted by Gasteiger charge is -2.23. The van der Waals surface area contributed by atoms with Crippen LogP contribution >= 0.6 is 22.7 Å². The third-order valence-corrected chi connectivity index (χ3v) is 14.0. The Labute approximate surface area is 343 Å². The molecule has 0 fully saturated rings. The molecule has 54 heavy (non-hydrogen) atoms. The van der Waals surface area contributed by atoms with Crippen LogP contribution in [0.15, 0.2) is 22.9 Å². The molecule has 0 aliphatic rings. The highest BCUT2D eigenvalue weighted by atomic mass is 32.1. The quantitative estimate of drug-likeness (QED) is 0.0539. The topological polar surface area (TPSA) is 18.5 Å². The molecule has 2 unspecified atom stereocenters. The summed E-state index contributed by atoms with van der Waals surface area (Å²) in [5.41, 5.74) is 0. The molecule has 0 saturated heterocycles. The molecule has 0 bridgehead atoms. The van der Waals surface area contributed by atoms with Crippen LogP contribution in [0.2, 0.25) is 0 Å². The monoisotopic (exact) mass is 783 g/mol. The summed E-state index contributed by atoms with van der Waals surface area (Å²) in [6.45, 7) is 10.9. The Bertz CT molecular complexity index is 1180. The molecule has 0 radical (unpaired) electrons. The van der Waals surface area contributed by atoms with Crippen LogP contribution in [-0.2, 0) is 0 Å². The van der Waals surface area contributed by atoms with Gasteiger partial charge >= 0.3 is 0 Å². The summed E-state index contributed by atoms with van der Waals surface area (Å²) >= 11 is 3.74. The lowest BCUT2D eigenvalue weighted by Crippen LogP contribution is -2.15. The molecule has 2 atom stereocenters. The summed E-state index contributed by atoms with van der Waals surface area (Å²) in [4.78, 5) is 0. The molecule has 0 N–H and O–H groups in total. The van der Waals surface area contributed by atoms with Gasteiger partial charge in [0.05, 0.1) is 22.6 Å². The Morgan fingerprint density at radius 3 is 0.907 bits per heavy atom. The van der Waals surface area contributed by atoms with Crippen LogP contribution in [0, 0.1) is 11.8 Å². The number of fused-ring (bicyclic) bond motifs is 3. The number of rotatable bonds is 38. The van der Waals surface area contributed by atoms with Gasteiger partial charge in [-0.15, -0.1) is 22.7 Å². The predicted molar refractivity (Wildman–Crippen MR) is 246 cm³/mol. The molecular weight excluding hydrogens is 697 g/mol. The van der Waals surface area contributed by atoms with Gasteiger partial charge in [-0.25, -0.2) is 0 Å². The van der Waals surface area contributed by atoms with Crippen LogP contribution in [0.1, 0.15) is 233 Å². The van der Waals surface area contributed by atoms with E-state index >= 15 is 0 Å². The Kier molecular flexibility index (Phi) is 27.7. The van der Waals surface area contributed by atoms with Crippen molar-refractivity contribution in [3.05, 3.63) is 22.9 Å². The van der Waals surface area contributed by atoms with Gasteiger partial charge in [0.2, 0.25) is 0 Å². The van der Waals surface area contributed by atoms with E-state index in [2.05, 4.69) is 50.6 Å². The van der Waals surface area contributed by atoms with E-state index in [1.807, 2.05) is 22.7 Å². The van der Waals surface area contributed by atoms with Crippen molar-refractivity contribution < 1.29 is 9.47 Å². The van der Waals surface area contributed by atoms with E-state index in [4.69, 9.17) is 9.47 Å². The second kappa shape index (κ2) is 31.8. The number of hydrogen-bond acceptors (Lipinski definition) is 4.